The van der Waals surface area contributed by atoms with Crippen LogP contribution in [0.2, 0.25) is 0 Å². The highest BCUT2D eigenvalue weighted by Gasteiger charge is 2.13. The predicted octanol–water partition coefficient (Wildman–Crippen LogP) is 4.07. The van der Waals surface area contributed by atoms with Crippen molar-refractivity contribution in [3.8, 4) is 0 Å². The van der Waals surface area contributed by atoms with E-state index in [0.29, 0.717) is 24.4 Å². The highest BCUT2D eigenvalue weighted by molar-refractivity contribution is 7.92. The van der Waals surface area contributed by atoms with Crippen molar-refractivity contribution in [3.05, 3.63) is 65.7 Å². The zero-order valence-electron chi connectivity index (χ0n) is 13.1. The Morgan fingerprint density at radius 1 is 0.955 bits per heavy atom. The van der Waals surface area contributed by atoms with Gasteiger partial charge in [-0.1, -0.05) is 62.4 Å². The zero-order valence-corrected chi connectivity index (χ0v) is 13.9. The number of nitrogens with one attached hydrogen (secondary N) is 1. The molecule has 118 valence electrons. The topological polar surface area (TPSA) is 46.2 Å². The van der Waals surface area contributed by atoms with Gasteiger partial charge in [0.25, 0.3) is 0 Å². The molecule has 0 atom stereocenters. The van der Waals surface area contributed by atoms with E-state index in [9.17, 15) is 8.42 Å². The van der Waals surface area contributed by atoms with E-state index in [1.54, 1.807) is 0 Å². The third-order valence-electron chi connectivity index (χ3n) is 3.48. The van der Waals surface area contributed by atoms with Crippen molar-refractivity contribution in [2.24, 2.45) is 5.92 Å². The Kier molecular flexibility index (Phi) is 5.61. The number of benzene rings is 2. The van der Waals surface area contributed by atoms with Crippen molar-refractivity contribution in [3.63, 3.8) is 0 Å². The molecule has 2 rings (SSSR count). The molecule has 0 radical (unpaired) electrons. The van der Waals surface area contributed by atoms with Gasteiger partial charge in [-0.25, -0.2) is 8.42 Å². The molecule has 2 aromatic rings. The van der Waals surface area contributed by atoms with Gasteiger partial charge in [0.05, 0.1) is 11.4 Å². The lowest BCUT2D eigenvalue weighted by atomic mass is 10.0. The third kappa shape index (κ3) is 5.19. The molecule has 0 bridgehead atoms. The minimum Gasteiger partial charge on any atom is -0.283 e. The van der Waals surface area contributed by atoms with E-state index in [0.717, 1.165) is 11.1 Å². The lowest BCUT2D eigenvalue weighted by molar-refractivity contribution is 0.578. The molecule has 0 saturated heterocycles. The normalized spacial score (nSPS) is 11.6. The van der Waals surface area contributed by atoms with Crippen LogP contribution in [0, 0.1) is 5.92 Å². The molecule has 0 aliphatic rings. The fraction of sp³-hybridized carbons (Fsp3) is 0.333. The van der Waals surface area contributed by atoms with Crippen LogP contribution < -0.4 is 4.72 Å². The summed E-state index contributed by atoms with van der Waals surface area (Å²) in [7, 11) is -3.29. The maximum absolute atomic E-state index is 12.2. The lowest BCUT2D eigenvalue weighted by Gasteiger charge is -2.13. The van der Waals surface area contributed by atoms with Crippen LogP contribution in [0.4, 0.5) is 5.69 Å². The van der Waals surface area contributed by atoms with Crippen molar-refractivity contribution >= 4 is 15.7 Å². The van der Waals surface area contributed by atoms with E-state index in [2.05, 4.69) is 4.72 Å². The summed E-state index contributed by atoms with van der Waals surface area (Å²) < 4.78 is 27.1. The van der Waals surface area contributed by atoms with Crippen LogP contribution in [0.3, 0.4) is 0 Å². The zero-order chi connectivity index (χ0) is 16.0. The predicted molar refractivity (Wildman–Crippen MR) is 92.6 cm³/mol. The molecule has 22 heavy (non-hydrogen) atoms. The number of rotatable bonds is 7. The van der Waals surface area contributed by atoms with Gasteiger partial charge in [0.1, 0.15) is 0 Å². The average Bonchev–Trinajstić information content (AvgIpc) is 2.48. The van der Waals surface area contributed by atoms with E-state index in [1.807, 2.05) is 68.4 Å². The van der Waals surface area contributed by atoms with Gasteiger partial charge >= 0.3 is 0 Å². The fourth-order valence-electron chi connectivity index (χ4n) is 2.20. The maximum Gasteiger partial charge on any atom is 0.232 e. The second-order valence-electron chi connectivity index (χ2n) is 5.92. The summed E-state index contributed by atoms with van der Waals surface area (Å²) in [5.41, 5.74) is 2.83. The Morgan fingerprint density at radius 3 is 2.27 bits per heavy atom. The van der Waals surface area contributed by atoms with Crippen LogP contribution in [0.5, 0.6) is 0 Å². The van der Waals surface area contributed by atoms with Gasteiger partial charge < -0.3 is 0 Å². The van der Waals surface area contributed by atoms with E-state index in [-0.39, 0.29) is 5.75 Å². The van der Waals surface area contributed by atoms with Crippen molar-refractivity contribution in [2.75, 3.05) is 10.5 Å². The Balaban J connectivity index is 2.15. The summed E-state index contributed by atoms with van der Waals surface area (Å²) in [6.45, 7) is 4.05. The minimum atomic E-state index is -3.29. The van der Waals surface area contributed by atoms with Crippen LogP contribution in [0.15, 0.2) is 54.6 Å². The summed E-state index contributed by atoms with van der Waals surface area (Å²) in [5.74, 6) is 0.529. The van der Waals surface area contributed by atoms with Crippen LogP contribution in [0.1, 0.15) is 31.4 Å². The smallest absolute Gasteiger partial charge is 0.232 e. The molecule has 0 amide bonds. The van der Waals surface area contributed by atoms with E-state index in [4.69, 9.17) is 0 Å². The summed E-state index contributed by atoms with van der Waals surface area (Å²) >= 11 is 0. The van der Waals surface area contributed by atoms with Gasteiger partial charge in [-0.05, 0) is 36.0 Å². The summed E-state index contributed by atoms with van der Waals surface area (Å²) in [5, 5.41) is 0. The monoisotopic (exact) mass is 317 g/mol. The Morgan fingerprint density at radius 2 is 1.59 bits per heavy atom. The van der Waals surface area contributed by atoms with Crippen molar-refractivity contribution in [1.82, 2.24) is 0 Å². The summed E-state index contributed by atoms with van der Waals surface area (Å²) in [6.07, 6.45) is 1.37. The molecule has 0 spiro atoms. The Bertz CT molecular complexity index is 694. The molecule has 3 nitrogen and oxygen atoms in total. The van der Waals surface area contributed by atoms with Crippen LogP contribution >= 0.6 is 0 Å². The molecular weight excluding hydrogens is 294 g/mol. The van der Waals surface area contributed by atoms with E-state index in [1.165, 1.54) is 0 Å². The van der Waals surface area contributed by atoms with Crippen LogP contribution in [-0.4, -0.2) is 14.2 Å². The van der Waals surface area contributed by atoms with E-state index < -0.39 is 10.0 Å². The third-order valence-corrected chi connectivity index (χ3v) is 4.79. The van der Waals surface area contributed by atoms with Gasteiger partial charge in [0.15, 0.2) is 0 Å². The molecule has 4 heteroatoms. The minimum absolute atomic E-state index is 0.157. The second-order valence-corrected chi connectivity index (χ2v) is 7.76. The number of hydrogen-bond acceptors (Lipinski definition) is 2. The molecule has 0 saturated carbocycles. The first-order valence-corrected chi connectivity index (χ1v) is 9.24. The quantitative estimate of drug-likeness (QED) is 0.837. The number of anilines is 1. The Labute approximate surface area is 133 Å². The van der Waals surface area contributed by atoms with Gasteiger partial charge in [-0.15, -0.1) is 0 Å². The fourth-order valence-corrected chi connectivity index (χ4v) is 3.62. The lowest BCUT2D eigenvalue weighted by Crippen LogP contribution is -2.18. The SMILES string of the molecule is CC(C)CCS(=O)(=O)Nc1ccccc1Cc1ccccc1. The molecule has 2 aromatic carbocycles. The van der Waals surface area contributed by atoms with Gasteiger partial charge in [-0.3, -0.25) is 4.72 Å². The van der Waals surface area contributed by atoms with Gasteiger partial charge in [-0.2, -0.15) is 0 Å². The van der Waals surface area contributed by atoms with Gasteiger partial charge in [0.2, 0.25) is 10.0 Å². The number of para-hydroxylation sites is 1. The highest BCUT2D eigenvalue weighted by Crippen LogP contribution is 2.20. The molecular formula is C18H23NO2S. The average molecular weight is 317 g/mol. The van der Waals surface area contributed by atoms with Crippen LogP contribution in [-0.2, 0) is 16.4 Å². The molecule has 0 fully saturated rings. The molecule has 0 aliphatic heterocycles. The molecule has 0 aromatic heterocycles. The van der Waals surface area contributed by atoms with Crippen molar-refractivity contribution in [1.29, 1.82) is 0 Å². The summed E-state index contributed by atoms with van der Waals surface area (Å²) in [6, 6.07) is 17.6. The maximum atomic E-state index is 12.2. The number of sulfonamides is 1. The second kappa shape index (κ2) is 7.45. The first-order chi connectivity index (χ1) is 10.5. The van der Waals surface area contributed by atoms with Crippen LogP contribution in [0.25, 0.3) is 0 Å². The first-order valence-electron chi connectivity index (χ1n) is 7.58. The Hall–Kier alpha value is -1.81. The van der Waals surface area contributed by atoms with Gasteiger partial charge in [0, 0.05) is 0 Å². The first kappa shape index (κ1) is 16.6. The molecule has 0 aliphatic carbocycles. The largest absolute Gasteiger partial charge is 0.283 e. The standard InChI is InChI=1S/C18H23NO2S/c1-15(2)12-13-22(20,21)19-18-11-7-6-10-17(18)14-16-8-4-3-5-9-16/h3-11,15,19H,12-14H2,1-2H3. The highest BCUT2D eigenvalue weighted by atomic mass is 32.2. The van der Waals surface area contributed by atoms with Crippen molar-refractivity contribution in [2.45, 2.75) is 26.7 Å². The van der Waals surface area contributed by atoms with E-state index >= 15 is 0 Å². The van der Waals surface area contributed by atoms with Crippen molar-refractivity contribution < 1.29 is 8.42 Å². The number of hydrogen-bond donors (Lipinski definition) is 1. The molecule has 1 N–H and O–H groups in total. The molecule has 0 unspecified atom stereocenters. The summed E-state index contributed by atoms with van der Waals surface area (Å²) in [4.78, 5) is 0. The molecule has 0 heterocycles.